The third kappa shape index (κ3) is 5.23. The van der Waals surface area contributed by atoms with Crippen molar-refractivity contribution in [3.8, 4) is 5.75 Å². The Labute approximate surface area is 170 Å². The third-order valence-corrected chi connectivity index (χ3v) is 5.71. The van der Waals surface area contributed by atoms with Crippen LogP contribution in [0.1, 0.15) is 23.8 Å². The topological polar surface area (TPSA) is 49.9 Å². The van der Waals surface area contributed by atoms with Gasteiger partial charge in [0.2, 0.25) is 11.8 Å². The van der Waals surface area contributed by atoms with Crippen molar-refractivity contribution in [1.82, 2.24) is 9.80 Å². The first-order chi connectivity index (χ1) is 13.6. The maximum Gasteiger partial charge on any atom is 0.249 e. The average molecular weight is 399 g/mol. The van der Waals surface area contributed by atoms with Gasteiger partial charge >= 0.3 is 0 Å². The van der Waals surface area contributed by atoms with E-state index in [2.05, 4.69) is 0 Å². The zero-order valence-corrected chi connectivity index (χ0v) is 17.2. The second kappa shape index (κ2) is 9.55. The van der Waals surface area contributed by atoms with Crippen LogP contribution >= 0.6 is 11.3 Å². The quantitative estimate of drug-likeness (QED) is 0.725. The maximum absolute atomic E-state index is 12.8. The van der Waals surface area contributed by atoms with E-state index in [0.717, 1.165) is 28.2 Å². The lowest BCUT2D eigenvalue weighted by Crippen LogP contribution is -2.38. The van der Waals surface area contributed by atoms with Gasteiger partial charge in [-0.25, -0.2) is 0 Å². The Bertz CT molecular complexity index is 828. The number of benzene rings is 1. The number of hydrogen-bond acceptors (Lipinski definition) is 4. The van der Waals surface area contributed by atoms with E-state index in [0.29, 0.717) is 32.6 Å². The molecule has 5 nitrogen and oxygen atoms in total. The molecule has 0 atom stereocenters. The minimum atomic E-state index is 0.0536. The highest BCUT2D eigenvalue weighted by Crippen LogP contribution is 2.16. The molecule has 1 aromatic carbocycles. The number of thiophene rings is 1. The number of ether oxygens (including phenoxy) is 1. The zero-order chi connectivity index (χ0) is 19.9. The lowest BCUT2D eigenvalue weighted by Gasteiger charge is -2.22. The number of rotatable bonds is 5. The molecule has 6 heteroatoms. The monoisotopic (exact) mass is 398 g/mol. The van der Waals surface area contributed by atoms with Gasteiger partial charge in [-0.15, -0.1) is 11.3 Å². The Kier molecular flexibility index (Phi) is 6.87. The molecule has 0 spiro atoms. The van der Waals surface area contributed by atoms with Crippen molar-refractivity contribution >= 4 is 29.2 Å². The van der Waals surface area contributed by atoms with Crippen LogP contribution in [-0.4, -0.2) is 54.9 Å². The van der Waals surface area contributed by atoms with Crippen LogP contribution in [0.5, 0.6) is 5.75 Å². The lowest BCUT2D eigenvalue weighted by atomic mass is 10.1. The van der Waals surface area contributed by atoms with Gasteiger partial charge < -0.3 is 14.5 Å². The van der Waals surface area contributed by atoms with Gasteiger partial charge in [0, 0.05) is 36.6 Å². The SMILES string of the molecule is COc1ccc(CC(=O)N2CCCN(C(=O)/C(C)=C/c3cccs3)CC2)cc1. The molecule has 0 saturated carbocycles. The fourth-order valence-corrected chi connectivity index (χ4v) is 4.01. The molecule has 1 saturated heterocycles. The van der Waals surface area contributed by atoms with Gasteiger partial charge in [-0.05, 0) is 48.6 Å². The molecule has 0 radical (unpaired) electrons. The van der Waals surface area contributed by atoms with Crippen molar-refractivity contribution in [2.45, 2.75) is 19.8 Å². The Morgan fingerprint density at radius 2 is 1.79 bits per heavy atom. The minimum absolute atomic E-state index is 0.0536. The molecule has 2 heterocycles. The molecule has 28 heavy (non-hydrogen) atoms. The molecule has 2 amide bonds. The molecule has 1 aromatic heterocycles. The van der Waals surface area contributed by atoms with E-state index in [1.54, 1.807) is 18.4 Å². The van der Waals surface area contributed by atoms with E-state index in [9.17, 15) is 9.59 Å². The molecule has 1 fully saturated rings. The number of methoxy groups -OCH3 is 1. The lowest BCUT2D eigenvalue weighted by molar-refractivity contribution is -0.131. The highest BCUT2D eigenvalue weighted by Gasteiger charge is 2.22. The normalized spacial score (nSPS) is 15.3. The number of nitrogens with zero attached hydrogens (tertiary/aromatic N) is 2. The van der Waals surface area contributed by atoms with Crippen LogP contribution < -0.4 is 4.74 Å². The third-order valence-electron chi connectivity index (χ3n) is 4.89. The Morgan fingerprint density at radius 1 is 1.07 bits per heavy atom. The first-order valence-corrected chi connectivity index (χ1v) is 10.4. The summed E-state index contributed by atoms with van der Waals surface area (Å²) in [5.74, 6) is 0.939. The summed E-state index contributed by atoms with van der Waals surface area (Å²) in [6, 6.07) is 11.6. The van der Waals surface area contributed by atoms with Crippen molar-refractivity contribution in [3.05, 3.63) is 57.8 Å². The van der Waals surface area contributed by atoms with Crippen LogP contribution in [0.2, 0.25) is 0 Å². The summed E-state index contributed by atoms with van der Waals surface area (Å²) in [5.41, 5.74) is 1.71. The van der Waals surface area contributed by atoms with Crippen molar-refractivity contribution < 1.29 is 14.3 Å². The van der Waals surface area contributed by atoms with Crippen molar-refractivity contribution in [1.29, 1.82) is 0 Å². The summed E-state index contributed by atoms with van der Waals surface area (Å²) in [6.45, 7) is 4.38. The van der Waals surface area contributed by atoms with Gasteiger partial charge in [0.05, 0.1) is 13.5 Å². The van der Waals surface area contributed by atoms with Gasteiger partial charge in [0.25, 0.3) is 0 Å². The van der Waals surface area contributed by atoms with Crippen LogP contribution in [0, 0.1) is 0 Å². The molecule has 0 aliphatic carbocycles. The summed E-state index contributed by atoms with van der Waals surface area (Å²) < 4.78 is 5.16. The average Bonchev–Trinajstić information content (AvgIpc) is 3.09. The molecule has 1 aliphatic rings. The number of carbonyl (C=O) groups excluding carboxylic acids is 2. The Hall–Kier alpha value is -2.60. The Morgan fingerprint density at radius 3 is 2.46 bits per heavy atom. The number of amides is 2. The molecule has 1 aliphatic heterocycles. The first-order valence-electron chi connectivity index (χ1n) is 9.48. The Balaban J connectivity index is 1.56. The van der Waals surface area contributed by atoms with Crippen molar-refractivity contribution in [2.75, 3.05) is 33.3 Å². The van der Waals surface area contributed by atoms with Gasteiger partial charge in [-0.1, -0.05) is 18.2 Å². The molecule has 3 rings (SSSR count). The first kappa shape index (κ1) is 20.1. The molecular formula is C22H26N2O3S. The largest absolute Gasteiger partial charge is 0.497 e. The van der Waals surface area contributed by atoms with E-state index in [1.165, 1.54) is 0 Å². The predicted octanol–water partition coefficient (Wildman–Crippen LogP) is 3.46. The zero-order valence-electron chi connectivity index (χ0n) is 16.4. The van der Waals surface area contributed by atoms with E-state index < -0.39 is 0 Å². The molecular weight excluding hydrogens is 372 g/mol. The molecule has 0 unspecified atom stereocenters. The minimum Gasteiger partial charge on any atom is -0.497 e. The fourth-order valence-electron chi connectivity index (χ4n) is 3.30. The predicted molar refractivity (Wildman–Crippen MR) is 112 cm³/mol. The molecule has 0 bridgehead atoms. The van der Waals surface area contributed by atoms with Crippen LogP contribution in [0.3, 0.4) is 0 Å². The van der Waals surface area contributed by atoms with E-state index >= 15 is 0 Å². The van der Waals surface area contributed by atoms with Crippen molar-refractivity contribution in [2.24, 2.45) is 0 Å². The second-order valence-electron chi connectivity index (χ2n) is 6.89. The van der Waals surface area contributed by atoms with Gasteiger partial charge in [-0.2, -0.15) is 0 Å². The van der Waals surface area contributed by atoms with Gasteiger partial charge in [0.1, 0.15) is 5.75 Å². The standard InChI is InChI=1S/C22H26N2O3S/c1-17(15-20-5-3-14-28-20)22(26)24-11-4-10-23(12-13-24)21(25)16-18-6-8-19(27-2)9-7-18/h3,5-9,14-15H,4,10-13,16H2,1-2H3/b17-15+. The summed E-state index contributed by atoms with van der Waals surface area (Å²) in [5, 5.41) is 2.00. The van der Waals surface area contributed by atoms with Crippen LogP contribution in [0.25, 0.3) is 6.08 Å². The second-order valence-corrected chi connectivity index (χ2v) is 7.87. The number of hydrogen-bond donors (Lipinski definition) is 0. The fraction of sp³-hybridized carbons (Fsp3) is 0.364. The van der Waals surface area contributed by atoms with Gasteiger partial charge in [0.15, 0.2) is 0 Å². The maximum atomic E-state index is 12.8. The summed E-state index contributed by atoms with van der Waals surface area (Å²) in [6.07, 6.45) is 3.10. The molecule has 148 valence electrons. The van der Waals surface area contributed by atoms with Crippen LogP contribution in [-0.2, 0) is 16.0 Å². The van der Waals surface area contributed by atoms with Crippen LogP contribution in [0.4, 0.5) is 0 Å². The summed E-state index contributed by atoms with van der Waals surface area (Å²) in [4.78, 5) is 30.2. The highest BCUT2D eigenvalue weighted by molar-refractivity contribution is 7.10. The molecule has 2 aromatic rings. The van der Waals surface area contributed by atoms with Crippen molar-refractivity contribution in [3.63, 3.8) is 0 Å². The van der Waals surface area contributed by atoms with E-state index in [1.807, 2.05) is 64.6 Å². The smallest absolute Gasteiger partial charge is 0.249 e. The summed E-state index contributed by atoms with van der Waals surface area (Å²) in [7, 11) is 1.63. The van der Waals surface area contributed by atoms with E-state index in [4.69, 9.17) is 4.74 Å². The highest BCUT2D eigenvalue weighted by atomic mass is 32.1. The summed E-state index contributed by atoms with van der Waals surface area (Å²) >= 11 is 1.62. The molecule has 0 N–H and O–H groups in total. The number of carbonyl (C=O) groups is 2. The van der Waals surface area contributed by atoms with E-state index in [-0.39, 0.29) is 11.8 Å². The van der Waals surface area contributed by atoms with Gasteiger partial charge in [-0.3, -0.25) is 9.59 Å². The van der Waals surface area contributed by atoms with Crippen LogP contribution in [0.15, 0.2) is 47.4 Å².